The molecule has 0 unspecified atom stereocenters. The number of aromatic nitrogens is 2. The van der Waals surface area contributed by atoms with Crippen LogP contribution in [0.15, 0.2) is 6.07 Å². The van der Waals surface area contributed by atoms with Crippen molar-refractivity contribution in [3.63, 3.8) is 0 Å². The van der Waals surface area contributed by atoms with E-state index >= 15 is 0 Å². The Morgan fingerprint density at radius 3 is 2.07 bits per heavy atom. The van der Waals surface area contributed by atoms with Crippen LogP contribution >= 0.6 is 23.2 Å². The molecule has 0 aliphatic rings. The van der Waals surface area contributed by atoms with E-state index in [1.54, 1.807) is 0 Å². The van der Waals surface area contributed by atoms with E-state index in [1.165, 1.54) is 0 Å². The highest BCUT2D eigenvalue weighted by atomic mass is 35.5. The Bertz CT molecular complexity index is 1050. The molecule has 0 spiro atoms. The van der Waals surface area contributed by atoms with Gasteiger partial charge < -0.3 is 4.74 Å². The van der Waals surface area contributed by atoms with Crippen LogP contribution in [0.4, 0.5) is 23.2 Å². The van der Waals surface area contributed by atoms with E-state index in [4.69, 9.17) is 27.9 Å². The highest BCUT2D eigenvalue weighted by Crippen LogP contribution is 2.48. The molecule has 2 aromatic rings. The second-order valence-electron chi connectivity index (χ2n) is 5.99. The summed E-state index contributed by atoms with van der Waals surface area (Å²) >= 11 is 11.8. The number of carbonyl (C=O) groups is 3. The fourth-order valence-corrected chi connectivity index (χ4v) is 3.36. The Balaban J connectivity index is 3.05. The highest BCUT2D eigenvalue weighted by molar-refractivity contribution is 6.35. The standard InChI is InChI=1S/C17H13Cl2F4N3O4/c1-6(27)26(7(2)28)14-11(10(20)5-9(18)15(14)30-8(3)29)13-12(19)16(17(21,22)23)25(4)24-13/h5H,1-4H3. The average molecular weight is 470 g/mol. The van der Waals surface area contributed by atoms with E-state index in [0.717, 1.165) is 27.8 Å². The number of nitrogens with zero attached hydrogens (tertiary/aromatic N) is 3. The lowest BCUT2D eigenvalue weighted by atomic mass is 10.1. The minimum Gasteiger partial charge on any atom is -0.423 e. The minimum absolute atomic E-state index is 0.368. The molecule has 1 aromatic heterocycles. The van der Waals surface area contributed by atoms with Crippen molar-refractivity contribution in [2.45, 2.75) is 26.9 Å². The van der Waals surface area contributed by atoms with Crippen molar-refractivity contribution in [2.24, 2.45) is 7.05 Å². The zero-order valence-corrected chi connectivity index (χ0v) is 17.3. The molecule has 0 bridgehead atoms. The Morgan fingerprint density at radius 2 is 1.67 bits per heavy atom. The summed E-state index contributed by atoms with van der Waals surface area (Å²) < 4.78 is 60.2. The summed E-state index contributed by atoms with van der Waals surface area (Å²) in [7, 11) is 0.923. The van der Waals surface area contributed by atoms with Crippen molar-refractivity contribution in [2.75, 3.05) is 4.90 Å². The number of alkyl halides is 3. The Morgan fingerprint density at radius 1 is 1.13 bits per heavy atom. The van der Waals surface area contributed by atoms with Gasteiger partial charge in [0, 0.05) is 27.8 Å². The molecular weight excluding hydrogens is 457 g/mol. The number of amides is 2. The molecule has 0 atom stereocenters. The topological polar surface area (TPSA) is 81.5 Å². The van der Waals surface area contributed by atoms with Gasteiger partial charge in [0.25, 0.3) is 0 Å². The van der Waals surface area contributed by atoms with Gasteiger partial charge in [-0.3, -0.25) is 19.1 Å². The predicted molar refractivity (Wildman–Crippen MR) is 98.8 cm³/mol. The first-order valence-electron chi connectivity index (χ1n) is 8.00. The monoisotopic (exact) mass is 469 g/mol. The fraction of sp³-hybridized carbons (Fsp3) is 0.294. The van der Waals surface area contributed by atoms with E-state index < -0.39 is 68.2 Å². The van der Waals surface area contributed by atoms with Crippen LogP contribution in [0.5, 0.6) is 5.75 Å². The zero-order chi connectivity index (χ0) is 23.1. The summed E-state index contributed by atoms with van der Waals surface area (Å²) in [6.07, 6.45) is -4.94. The van der Waals surface area contributed by atoms with Gasteiger partial charge in [0.1, 0.15) is 17.2 Å². The summed E-state index contributed by atoms with van der Waals surface area (Å²) in [6, 6.07) is 0.634. The van der Waals surface area contributed by atoms with Crippen LogP contribution in [0.25, 0.3) is 11.3 Å². The van der Waals surface area contributed by atoms with E-state index in [1.807, 2.05) is 0 Å². The molecule has 0 aliphatic heterocycles. The number of esters is 1. The first kappa shape index (κ1) is 23.6. The maximum Gasteiger partial charge on any atom is 0.434 e. The molecule has 0 aliphatic carbocycles. The van der Waals surface area contributed by atoms with Gasteiger partial charge in [-0.05, 0) is 6.07 Å². The molecule has 0 N–H and O–H groups in total. The van der Waals surface area contributed by atoms with Gasteiger partial charge >= 0.3 is 12.1 Å². The summed E-state index contributed by atoms with van der Waals surface area (Å²) in [5.41, 5.74) is -3.62. The Hall–Kier alpha value is -2.66. The number of rotatable bonds is 3. The molecule has 0 fully saturated rings. The summed E-state index contributed by atoms with van der Waals surface area (Å²) in [5, 5.41) is 2.10. The van der Waals surface area contributed by atoms with E-state index in [0.29, 0.717) is 15.6 Å². The van der Waals surface area contributed by atoms with Crippen LogP contribution in [-0.4, -0.2) is 27.6 Å². The number of benzene rings is 1. The van der Waals surface area contributed by atoms with Crippen LogP contribution in [0.3, 0.4) is 0 Å². The first-order valence-corrected chi connectivity index (χ1v) is 8.75. The molecule has 2 amide bonds. The third-order valence-electron chi connectivity index (χ3n) is 3.75. The molecule has 2 rings (SSSR count). The van der Waals surface area contributed by atoms with Gasteiger partial charge in [0.15, 0.2) is 11.4 Å². The molecule has 0 saturated carbocycles. The number of carbonyl (C=O) groups excluding carboxylic acids is 3. The molecule has 7 nitrogen and oxygen atoms in total. The molecule has 162 valence electrons. The number of ether oxygens (including phenoxy) is 1. The first-order chi connectivity index (χ1) is 13.7. The van der Waals surface area contributed by atoms with Crippen LogP contribution in [0, 0.1) is 5.82 Å². The van der Waals surface area contributed by atoms with Crippen molar-refractivity contribution in [1.82, 2.24) is 9.78 Å². The summed E-state index contributed by atoms with van der Waals surface area (Å²) in [5.74, 6) is -4.75. The number of hydrogen-bond acceptors (Lipinski definition) is 5. The van der Waals surface area contributed by atoms with E-state index in [-0.39, 0.29) is 0 Å². The molecule has 0 radical (unpaired) electrons. The number of hydrogen-bond donors (Lipinski definition) is 0. The second-order valence-corrected chi connectivity index (χ2v) is 6.78. The number of imide groups is 1. The van der Waals surface area contributed by atoms with Crippen molar-refractivity contribution < 1.29 is 36.7 Å². The van der Waals surface area contributed by atoms with Crippen LogP contribution in [0.1, 0.15) is 26.5 Å². The molecule has 30 heavy (non-hydrogen) atoms. The van der Waals surface area contributed by atoms with Crippen molar-refractivity contribution in [3.8, 4) is 17.0 Å². The largest absolute Gasteiger partial charge is 0.434 e. The number of halogens is 6. The Labute approximate surface area is 177 Å². The van der Waals surface area contributed by atoms with Crippen LogP contribution in [-0.2, 0) is 27.6 Å². The quantitative estimate of drug-likeness (QED) is 0.378. The van der Waals surface area contributed by atoms with E-state index in [2.05, 4.69) is 5.10 Å². The van der Waals surface area contributed by atoms with Crippen molar-refractivity contribution in [3.05, 3.63) is 27.6 Å². The van der Waals surface area contributed by atoms with Gasteiger partial charge in [-0.25, -0.2) is 9.29 Å². The van der Waals surface area contributed by atoms with Gasteiger partial charge in [0.05, 0.1) is 15.6 Å². The third kappa shape index (κ3) is 4.26. The number of anilines is 1. The average Bonchev–Trinajstić information content (AvgIpc) is 2.84. The van der Waals surface area contributed by atoms with Gasteiger partial charge in [-0.1, -0.05) is 23.2 Å². The van der Waals surface area contributed by atoms with Crippen molar-refractivity contribution >= 4 is 46.7 Å². The highest BCUT2D eigenvalue weighted by Gasteiger charge is 2.41. The Kier molecular flexibility index (Phi) is 6.48. The van der Waals surface area contributed by atoms with Crippen LogP contribution < -0.4 is 9.64 Å². The lowest BCUT2D eigenvalue weighted by Crippen LogP contribution is -2.34. The third-order valence-corrected chi connectivity index (χ3v) is 4.39. The maximum absolute atomic E-state index is 15.0. The maximum atomic E-state index is 15.0. The molecule has 1 heterocycles. The summed E-state index contributed by atoms with van der Waals surface area (Å²) in [4.78, 5) is 36.1. The smallest absolute Gasteiger partial charge is 0.423 e. The number of aryl methyl sites for hydroxylation is 1. The molecule has 0 saturated heterocycles. The SMILES string of the molecule is CC(=O)Oc1c(Cl)cc(F)c(-c2nn(C)c(C(F)(F)F)c2Cl)c1N(C(C)=O)C(C)=O. The normalized spacial score (nSPS) is 11.4. The predicted octanol–water partition coefficient (Wildman–Crippen LogP) is 4.38. The lowest BCUT2D eigenvalue weighted by molar-refractivity contribution is -0.143. The van der Waals surface area contributed by atoms with Gasteiger partial charge in [-0.15, -0.1) is 0 Å². The van der Waals surface area contributed by atoms with E-state index in [9.17, 15) is 31.9 Å². The van der Waals surface area contributed by atoms with Crippen LogP contribution in [0.2, 0.25) is 10.0 Å². The molecule has 1 aromatic carbocycles. The zero-order valence-electron chi connectivity index (χ0n) is 15.8. The van der Waals surface area contributed by atoms with Gasteiger partial charge in [-0.2, -0.15) is 18.3 Å². The van der Waals surface area contributed by atoms with Crippen molar-refractivity contribution in [1.29, 1.82) is 0 Å². The fourth-order valence-electron chi connectivity index (χ4n) is 2.77. The molecular formula is C17H13Cl2F4N3O4. The lowest BCUT2D eigenvalue weighted by Gasteiger charge is -2.24. The second kappa shape index (κ2) is 8.23. The summed E-state index contributed by atoms with van der Waals surface area (Å²) in [6.45, 7) is 2.83. The van der Waals surface area contributed by atoms with Gasteiger partial charge in [0.2, 0.25) is 11.8 Å². The molecule has 13 heteroatoms. The minimum atomic E-state index is -4.94.